The van der Waals surface area contributed by atoms with Crippen molar-refractivity contribution in [2.75, 3.05) is 25.9 Å². The highest BCUT2D eigenvalue weighted by atomic mass is 19.4. The van der Waals surface area contributed by atoms with Gasteiger partial charge in [0.2, 0.25) is 11.8 Å². The third-order valence-corrected chi connectivity index (χ3v) is 3.28. The van der Waals surface area contributed by atoms with Crippen LogP contribution in [0.3, 0.4) is 0 Å². The van der Waals surface area contributed by atoms with Crippen LogP contribution in [0, 0.1) is 0 Å². The number of nitrogen functional groups attached to an aromatic ring is 1. The number of carbonyl (C=O) groups is 2. The molecule has 0 spiro atoms. The number of piperazine rings is 1. The molecule has 1 aromatic rings. The number of halogens is 3. The maximum absolute atomic E-state index is 13.0. The van der Waals surface area contributed by atoms with Crippen molar-refractivity contribution in [3.05, 3.63) is 29.3 Å². The second kappa shape index (κ2) is 5.27. The van der Waals surface area contributed by atoms with Crippen LogP contribution >= 0.6 is 0 Å². The summed E-state index contributed by atoms with van der Waals surface area (Å²) in [5.41, 5.74) is 4.41. The van der Waals surface area contributed by atoms with Gasteiger partial charge in [-0.2, -0.15) is 13.2 Å². The molecular weight excluding hydrogens is 287 g/mol. The quantitative estimate of drug-likeness (QED) is 0.832. The lowest BCUT2D eigenvalue weighted by atomic mass is 10.0. The van der Waals surface area contributed by atoms with E-state index < -0.39 is 11.7 Å². The number of nitrogens with zero attached hydrogens (tertiary/aromatic N) is 2. The molecule has 1 saturated heterocycles. The summed E-state index contributed by atoms with van der Waals surface area (Å²) < 4.78 is 39.0. The van der Waals surface area contributed by atoms with Crippen LogP contribution in [0.5, 0.6) is 0 Å². The number of amides is 2. The smallest absolute Gasteiger partial charge is 0.399 e. The first-order valence-electron chi connectivity index (χ1n) is 6.16. The highest BCUT2D eigenvalue weighted by Crippen LogP contribution is 2.34. The first-order chi connectivity index (χ1) is 9.68. The molecule has 8 heteroatoms. The van der Waals surface area contributed by atoms with Crippen molar-refractivity contribution in [3.63, 3.8) is 0 Å². The number of benzene rings is 1. The fourth-order valence-corrected chi connectivity index (χ4v) is 2.11. The van der Waals surface area contributed by atoms with Gasteiger partial charge in [0, 0.05) is 19.3 Å². The first kappa shape index (κ1) is 15.1. The molecule has 0 aliphatic carbocycles. The molecule has 0 aromatic heterocycles. The summed E-state index contributed by atoms with van der Waals surface area (Å²) >= 11 is 0. The molecule has 114 valence electrons. The predicted octanol–water partition coefficient (Wildman–Crippen LogP) is 1.09. The van der Waals surface area contributed by atoms with Gasteiger partial charge < -0.3 is 15.5 Å². The van der Waals surface area contributed by atoms with Gasteiger partial charge in [-0.3, -0.25) is 9.59 Å². The summed E-state index contributed by atoms with van der Waals surface area (Å²) in [7, 11) is 1.47. The number of nitrogens with two attached hydrogens (primary N) is 1. The second-order valence-electron chi connectivity index (χ2n) is 4.91. The van der Waals surface area contributed by atoms with Gasteiger partial charge in [-0.1, -0.05) is 6.07 Å². The monoisotopic (exact) mass is 301 g/mol. The summed E-state index contributed by atoms with van der Waals surface area (Å²) in [6.07, 6.45) is -4.57. The molecule has 1 fully saturated rings. The summed E-state index contributed by atoms with van der Waals surface area (Å²) in [5, 5.41) is 0. The van der Waals surface area contributed by atoms with E-state index in [0.29, 0.717) is 0 Å². The van der Waals surface area contributed by atoms with Crippen molar-refractivity contribution in [2.24, 2.45) is 0 Å². The first-order valence-corrected chi connectivity index (χ1v) is 6.16. The molecule has 1 aromatic carbocycles. The minimum absolute atomic E-state index is 0.00754. The molecule has 2 amide bonds. The minimum Gasteiger partial charge on any atom is -0.399 e. The normalized spacial score (nSPS) is 16.6. The Kier molecular flexibility index (Phi) is 3.80. The largest absolute Gasteiger partial charge is 0.416 e. The van der Waals surface area contributed by atoms with Crippen LogP contribution < -0.4 is 5.73 Å². The van der Waals surface area contributed by atoms with Crippen molar-refractivity contribution < 1.29 is 22.8 Å². The van der Waals surface area contributed by atoms with E-state index in [0.717, 1.165) is 11.0 Å². The molecule has 0 saturated carbocycles. The molecule has 21 heavy (non-hydrogen) atoms. The number of hydrogen-bond donors (Lipinski definition) is 1. The van der Waals surface area contributed by atoms with Gasteiger partial charge in [0.1, 0.15) is 6.54 Å². The van der Waals surface area contributed by atoms with Gasteiger partial charge in [-0.25, -0.2) is 0 Å². The van der Waals surface area contributed by atoms with E-state index in [-0.39, 0.29) is 42.7 Å². The van der Waals surface area contributed by atoms with E-state index in [9.17, 15) is 22.8 Å². The lowest BCUT2D eigenvalue weighted by Crippen LogP contribution is -2.51. The lowest BCUT2D eigenvalue weighted by molar-refractivity contribution is -0.149. The summed E-state index contributed by atoms with van der Waals surface area (Å²) in [6, 6.07) is 3.40. The molecule has 0 radical (unpaired) electrons. The number of anilines is 1. The zero-order valence-corrected chi connectivity index (χ0v) is 11.3. The third kappa shape index (κ3) is 3.26. The average molecular weight is 301 g/mol. The van der Waals surface area contributed by atoms with E-state index in [1.54, 1.807) is 0 Å². The van der Waals surface area contributed by atoms with Gasteiger partial charge in [0.25, 0.3) is 0 Å². The SMILES string of the molecule is CN1CC(=O)N(Cc2ccc(N)cc2C(F)(F)F)CC1=O. The Morgan fingerprint density at radius 3 is 2.48 bits per heavy atom. The number of rotatable bonds is 2. The van der Waals surface area contributed by atoms with Crippen LogP contribution in [0.4, 0.5) is 18.9 Å². The van der Waals surface area contributed by atoms with Crippen LogP contribution in [0.25, 0.3) is 0 Å². The van der Waals surface area contributed by atoms with Gasteiger partial charge >= 0.3 is 6.18 Å². The predicted molar refractivity (Wildman–Crippen MR) is 68.9 cm³/mol. The van der Waals surface area contributed by atoms with Crippen LogP contribution in [-0.2, 0) is 22.3 Å². The van der Waals surface area contributed by atoms with Crippen molar-refractivity contribution in [1.29, 1.82) is 0 Å². The van der Waals surface area contributed by atoms with Crippen molar-refractivity contribution in [2.45, 2.75) is 12.7 Å². The topological polar surface area (TPSA) is 66.6 Å². The average Bonchev–Trinajstić information content (AvgIpc) is 2.36. The molecule has 1 heterocycles. The lowest BCUT2D eigenvalue weighted by Gasteiger charge is -2.32. The zero-order valence-electron chi connectivity index (χ0n) is 11.3. The molecular formula is C13H14F3N3O2. The van der Waals surface area contributed by atoms with Crippen molar-refractivity contribution in [3.8, 4) is 0 Å². The number of carbonyl (C=O) groups excluding carboxylic acids is 2. The second-order valence-corrected chi connectivity index (χ2v) is 4.91. The van der Waals surface area contributed by atoms with E-state index in [2.05, 4.69) is 0 Å². The van der Waals surface area contributed by atoms with E-state index in [1.807, 2.05) is 0 Å². The number of likely N-dealkylation sites (N-methyl/N-ethyl adjacent to an activating group) is 1. The molecule has 5 nitrogen and oxygen atoms in total. The van der Waals surface area contributed by atoms with Gasteiger partial charge in [0.15, 0.2) is 0 Å². The van der Waals surface area contributed by atoms with Crippen LogP contribution in [-0.4, -0.2) is 41.8 Å². The molecule has 2 rings (SSSR count). The maximum atomic E-state index is 13.0. The minimum atomic E-state index is -4.57. The Bertz CT molecular complexity index is 587. The van der Waals surface area contributed by atoms with E-state index in [4.69, 9.17) is 5.73 Å². The summed E-state index contributed by atoms with van der Waals surface area (Å²) in [6.45, 7) is -0.625. The molecule has 1 aliphatic heterocycles. The highest BCUT2D eigenvalue weighted by molar-refractivity contribution is 5.92. The third-order valence-electron chi connectivity index (χ3n) is 3.28. The molecule has 2 N–H and O–H groups in total. The summed E-state index contributed by atoms with van der Waals surface area (Å²) in [5.74, 6) is -0.694. The molecule has 1 aliphatic rings. The van der Waals surface area contributed by atoms with Gasteiger partial charge in [-0.15, -0.1) is 0 Å². The van der Waals surface area contributed by atoms with Crippen molar-refractivity contribution >= 4 is 17.5 Å². The van der Waals surface area contributed by atoms with E-state index in [1.165, 1.54) is 24.1 Å². The van der Waals surface area contributed by atoms with Crippen molar-refractivity contribution in [1.82, 2.24) is 9.80 Å². The fourth-order valence-electron chi connectivity index (χ4n) is 2.11. The number of hydrogen-bond acceptors (Lipinski definition) is 3. The zero-order chi connectivity index (χ0) is 15.8. The van der Waals surface area contributed by atoms with Crippen LogP contribution in [0.1, 0.15) is 11.1 Å². The van der Waals surface area contributed by atoms with E-state index >= 15 is 0 Å². The summed E-state index contributed by atoms with van der Waals surface area (Å²) in [4.78, 5) is 25.7. The Morgan fingerprint density at radius 1 is 1.19 bits per heavy atom. The van der Waals surface area contributed by atoms with Gasteiger partial charge in [-0.05, 0) is 17.7 Å². The highest BCUT2D eigenvalue weighted by Gasteiger charge is 2.35. The van der Waals surface area contributed by atoms with Gasteiger partial charge in [0.05, 0.1) is 12.1 Å². The Balaban J connectivity index is 2.28. The maximum Gasteiger partial charge on any atom is 0.416 e. The standard InChI is InChI=1S/C13H14F3N3O2/c1-18-6-12(21)19(7-11(18)20)5-8-2-3-9(17)4-10(8)13(14,15)16/h2-4H,5-7,17H2,1H3. The number of alkyl halides is 3. The molecule has 0 bridgehead atoms. The fraction of sp³-hybridized carbons (Fsp3) is 0.385. The molecule has 0 atom stereocenters. The van der Waals surface area contributed by atoms with Crippen LogP contribution in [0.2, 0.25) is 0 Å². The Morgan fingerprint density at radius 2 is 1.86 bits per heavy atom. The molecule has 0 unspecified atom stereocenters. The Labute approximate surface area is 119 Å². The Hall–Kier alpha value is -2.25. The van der Waals surface area contributed by atoms with Crippen LogP contribution in [0.15, 0.2) is 18.2 Å².